The van der Waals surface area contributed by atoms with Gasteiger partial charge in [0.05, 0.1) is 51.2 Å². The first-order chi connectivity index (χ1) is 39.9. The lowest BCUT2D eigenvalue weighted by Gasteiger charge is -2.40. The number of thiocarbonyl (C=S) groups is 1. The van der Waals surface area contributed by atoms with Gasteiger partial charge in [-0.2, -0.15) is 5.26 Å². The van der Waals surface area contributed by atoms with Crippen molar-refractivity contribution in [2.45, 2.75) is 134 Å². The number of nitrogens with two attached hydrogens (primary N) is 1. The fourth-order valence-corrected chi connectivity index (χ4v) is 13.6. The molecule has 4 unspecified atom stereocenters. The van der Waals surface area contributed by atoms with E-state index in [9.17, 15) is 44.9 Å². The first-order valence-corrected chi connectivity index (χ1v) is 31.2. The molecule has 25 heteroatoms. The minimum absolute atomic E-state index is 0.0252. The van der Waals surface area contributed by atoms with Crippen LogP contribution in [0.3, 0.4) is 0 Å². The van der Waals surface area contributed by atoms with Gasteiger partial charge in [0.1, 0.15) is 55.6 Å². The molecule has 84 heavy (non-hydrogen) atoms. The van der Waals surface area contributed by atoms with E-state index in [2.05, 4.69) is 52.3 Å². The number of para-hydroxylation sites is 1. The van der Waals surface area contributed by atoms with E-state index in [-0.39, 0.29) is 83.1 Å². The average Bonchev–Trinajstić information content (AvgIpc) is 4.08. The Bertz CT molecular complexity index is 3080. The van der Waals surface area contributed by atoms with Gasteiger partial charge in [0.25, 0.3) is 0 Å². The van der Waals surface area contributed by atoms with Crippen LogP contribution >= 0.6 is 45.6 Å². The number of nitrogens with one attached hydrogen (secondary N) is 3. The molecule has 1 fully saturated rings. The number of nitrogen functional groups attached to an aromatic ring is 1. The summed E-state index contributed by atoms with van der Waals surface area (Å²) in [6.45, 7) is 13.9. The van der Waals surface area contributed by atoms with E-state index in [1.165, 1.54) is 0 Å². The summed E-state index contributed by atoms with van der Waals surface area (Å²) in [7, 11) is 3.27. The van der Waals surface area contributed by atoms with Crippen LogP contribution in [-0.4, -0.2) is 155 Å². The Morgan fingerprint density at radius 3 is 2.19 bits per heavy atom. The molecule has 0 aliphatic carbocycles. The standard InChI is InChI=1S/C59H78N8O13S4/c1-8-76-33-43-66-45-46(40-16-12-13-17-41(40)65-50(45)61)67(43)31-38-20-18-37(19-21-38)30-64-55(75)79-27-25-63-54(74)59(7,83-52(81)39-14-10-9-11-15-39)35-58(6,34-57(5,36-60)23-22-44(68)78-28-29-82-84-56(2,3)4)53(73)62-24-26-77-32-42-47(69)48(70)49(71)51(72)80-42/h9-21,42,47-49,51,69-72H,8,22-35H2,1-7H3,(H2,61,65)(H,62,73)(H,63,74)(H,64,75)/t42-,47-,48+,49+,51?,57?,58?,59?/m1/s1. The number of nitrogens with zero attached hydrogens (tertiary/aromatic N) is 4. The van der Waals surface area contributed by atoms with Crippen molar-refractivity contribution in [3.05, 3.63) is 101 Å². The largest absolute Gasteiger partial charge is 0.465 e. The highest BCUT2D eigenvalue weighted by Crippen LogP contribution is 2.47. The number of esters is 1. The second-order valence-electron chi connectivity index (χ2n) is 22.2. The number of aliphatic hydroxyl groups is 4. The molecule has 0 spiro atoms. The Morgan fingerprint density at radius 1 is 0.810 bits per heavy atom. The summed E-state index contributed by atoms with van der Waals surface area (Å²) in [6, 6.07) is 26.9. The third-order valence-electron chi connectivity index (χ3n) is 13.8. The number of pyridine rings is 1. The molecule has 5 aromatic rings. The number of aliphatic hydroxyl groups excluding tert-OH is 4. The number of hydrogen-bond acceptors (Lipinski definition) is 21. The number of imidazole rings is 1. The number of alkyl carbamates (subject to hydrolysis) is 1. The quantitative estimate of drug-likeness (QED) is 0.0102. The maximum Gasteiger partial charge on any atom is 0.407 e. The first kappa shape index (κ1) is 67.5. The van der Waals surface area contributed by atoms with E-state index in [4.69, 9.17) is 46.6 Å². The lowest BCUT2D eigenvalue weighted by Crippen LogP contribution is -2.58. The van der Waals surface area contributed by atoms with E-state index >= 15 is 0 Å². The molecule has 0 saturated carbocycles. The maximum atomic E-state index is 14.7. The van der Waals surface area contributed by atoms with Crippen LogP contribution < -0.4 is 21.7 Å². The zero-order valence-electron chi connectivity index (χ0n) is 48.5. The molecule has 3 amide bonds. The van der Waals surface area contributed by atoms with Crippen LogP contribution in [0.1, 0.15) is 96.7 Å². The number of benzene rings is 3. The highest BCUT2D eigenvalue weighted by Gasteiger charge is 2.49. The molecule has 0 bridgehead atoms. The van der Waals surface area contributed by atoms with Crippen LogP contribution in [0.25, 0.3) is 21.9 Å². The summed E-state index contributed by atoms with van der Waals surface area (Å²) < 4.78 is 28.6. The van der Waals surface area contributed by atoms with Crippen molar-refractivity contribution in [3.63, 3.8) is 0 Å². The zero-order valence-corrected chi connectivity index (χ0v) is 51.7. The van der Waals surface area contributed by atoms with Gasteiger partial charge in [0.15, 0.2) is 12.1 Å². The maximum absolute atomic E-state index is 14.7. The number of nitriles is 1. The number of hydrogen-bond donors (Lipinski definition) is 8. The second kappa shape index (κ2) is 31.1. The number of aromatic nitrogens is 3. The van der Waals surface area contributed by atoms with Gasteiger partial charge in [-0.3, -0.25) is 14.4 Å². The van der Waals surface area contributed by atoms with Gasteiger partial charge in [-0.1, -0.05) is 146 Å². The SMILES string of the molecule is CCOCc1nc2c(N)nc3ccccc3c2n1Cc1ccc(CNC(=O)OCCNC(=O)C(C)(CC(C)(CC(C)(C#N)CCC(=O)OCCSSC(C)(C)C)C(=O)NCCOC[C@H]2OC(O)[C@@H](O)[C@@H](O)[C@@H]2O)SC(=S)c2ccccc2)cc1. The van der Waals surface area contributed by atoms with Crippen molar-refractivity contribution in [1.82, 2.24) is 30.5 Å². The molecule has 9 N–H and O–H groups in total. The Morgan fingerprint density at radius 2 is 1.49 bits per heavy atom. The summed E-state index contributed by atoms with van der Waals surface area (Å²) in [5.74, 6) is 0.0313. The van der Waals surface area contributed by atoms with Gasteiger partial charge in [-0.15, -0.1) is 0 Å². The molecule has 1 aliphatic rings. The van der Waals surface area contributed by atoms with E-state index in [1.54, 1.807) is 66.6 Å². The number of carbonyl (C=O) groups excluding carboxylic acids is 4. The molecule has 8 atom stereocenters. The van der Waals surface area contributed by atoms with Crippen molar-refractivity contribution in [2.75, 3.05) is 57.6 Å². The first-order valence-electron chi connectivity index (χ1n) is 27.7. The summed E-state index contributed by atoms with van der Waals surface area (Å²) >= 11 is 6.98. The van der Waals surface area contributed by atoms with E-state index < -0.39 is 70.2 Å². The highest BCUT2D eigenvalue weighted by molar-refractivity contribution is 8.77. The minimum atomic E-state index is -1.76. The van der Waals surface area contributed by atoms with Gasteiger partial charge in [-0.25, -0.2) is 14.8 Å². The fraction of sp³-hybridized carbons (Fsp3) is 0.525. The molecule has 3 aromatic carbocycles. The van der Waals surface area contributed by atoms with Gasteiger partial charge in [-0.05, 0) is 62.8 Å². The number of amides is 3. The molecular weight excluding hydrogens is 1160 g/mol. The lowest BCUT2D eigenvalue weighted by atomic mass is 9.67. The van der Waals surface area contributed by atoms with Gasteiger partial charge in [0.2, 0.25) is 11.8 Å². The highest BCUT2D eigenvalue weighted by atomic mass is 33.1. The topological polar surface area (TPSA) is 312 Å². The van der Waals surface area contributed by atoms with E-state index in [0.29, 0.717) is 45.8 Å². The van der Waals surface area contributed by atoms with Crippen LogP contribution in [0.2, 0.25) is 0 Å². The van der Waals surface area contributed by atoms with Crippen molar-refractivity contribution >= 4 is 101 Å². The predicted octanol–water partition coefficient (Wildman–Crippen LogP) is 6.71. The smallest absolute Gasteiger partial charge is 0.407 e. The average molecular weight is 1240 g/mol. The number of anilines is 1. The van der Waals surface area contributed by atoms with Gasteiger partial charge < -0.3 is 70.4 Å². The summed E-state index contributed by atoms with van der Waals surface area (Å²) in [6.07, 6.45) is -9.03. The van der Waals surface area contributed by atoms with Crippen LogP contribution in [0, 0.1) is 22.2 Å². The van der Waals surface area contributed by atoms with E-state index in [1.807, 2.05) is 61.5 Å². The van der Waals surface area contributed by atoms with E-state index in [0.717, 1.165) is 39.3 Å². The van der Waals surface area contributed by atoms with Crippen LogP contribution in [0.4, 0.5) is 10.6 Å². The fourth-order valence-electron chi connectivity index (χ4n) is 9.63. The number of thioether (sulfide) groups is 1. The van der Waals surface area contributed by atoms with Gasteiger partial charge in [0, 0.05) is 54.0 Å². The molecule has 21 nitrogen and oxygen atoms in total. The summed E-state index contributed by atoms with van der Waals surface area (Å²) in [5, 5.41) is 60.5. The Labute approximate surface area is 507 Å². The molecule has 456 valence electrons. The second-order valence-corrected chi connectivity index (χ2v) is 27.6. The molecule has 3 heterocycles. The summed E-state index contributed by atoms with van der Waals surface area (Å²) in [5.41, 5.74) is 8.23. The lowest BCUT2D eigenvalue weighted by molar-refractivity contribution is -0.288. The van der Waals surface area contributed by atoms with Crippen molar-refractivity contribution in [2.24, 2.45) is 10.8 Å². The molecule has 1 saturated heterocycles. The van der Waals surface area contributed by atoms with Crippen molar-refractivity contribution < 1.29 is 63.3 Å². The number of rotatable bonds is 30. The molecular formula is C59H78N8O13S4. The molecule has 6 rings (SSSR count). The third-order valence-corrected chi connectivity index (χ3v) is 18.8. The summed E-state index contributed by atoms with van der Waals surface area (Å²) in [4.78, 5) is 64.8. The van der Waals surface area contributed by atoms with Crippen molar-refractivity contribution in [3.8, 4) is 6.07 Å². The Kier molecular flexibility index (Phi) is 25.0. The third kappa shape index (κ3) is 19.2. The Balaban J connectivity index is 1.11. The predicted molar refractivity (Wildman–Crippen MR) is 329 cm³/mol. The van der Waals surface area contributed by atoms with Crippen LogP contribution in [0.5, 0.6) is 0 Å². The molecule has 2 aromatic heterocycles. The number of carbonyl (C=O) groups is 4. The van der Waals surface area contributed by atoms with Crippen LogP contribution in [-0.2, 0) is 57.8 Å². The molecule has 1 aliphatic heterocycles. The number of fused-ring (bicyclic) bond motifs is 3. The monoisotopic (exact) mass is 1230 g/mol. The van der Waals surface area contributed by atoms with Crippen LogP contribution in [0.15, 0.2) is 78.9 Å². The Hall–Kier alpha value is -5.63. The van der Waals surface area contributed by atoms with Crippen molar-refractivity contribution in [1.29, 1.82) is 5.26 Å². The number of ether oxygens (including phenoxy) is 5. The van der Waals surface area contributed by atoms with Gasteiger partial charge >= 0.3 is 12.1 Å². The molecule has 0 radical (unpaired) electrons. The zero-order chi connectivity index (χ0) is 61.2. The minimum Gasteiger partial charge on any atom is -0.465 e. The normalized spacial score (nSPS) is 19.3.